The van der Waals surface area contributed by atoms with Gasteiger partial charge in [-0.3, -0.25) is 4.79 Å². The van der Waals surface area contributed by atoms with Crippen LogP contribution in [0.25, 0.3) is 0 Å². The highest BCUT2D eigenvalue weighted by Gasteiger charge is 2.65. The minimum Gasteiger partial charge on any atom is -0.351 e. The second-order valence-corrected chi connectivity index (χ2v) is 7.29. The Morgan fingerprint density at radius 3 is 2.52 bits per heavy atom. The highest BCUT2D eigenvalue weighted by atomic mass is 19.4. The van der Waals surface area contributed by atoms with Crippen molar-refractivity contribution in [3.63, 3.8) is 0 Å². The molecule has 1 aromatic carbocycles. The van der Waals surface area contributed by atoms with E-state index in [4.69, 9.17) is 5.73 Å². The summed E-state index contributed by atoms with van der Waals surface area (Å²) < 4.78 is 58.4. The van der Waals surface area contributed by atoms with Crippen LogP contribution in [0, 0.1) is 11.7 Å². The number of anilines is 2. The maximum absolute atomic E-state index is 14.8. The summed E-state index contributed by atoms with van der Waals surface area (Å²) in [6.45, 7) is 0. The number of aromatic amines is 1. The van der Waals surface area contributed by atoms with Gasteiger partial charge in [-0.05, 0) is 48.6 Å². The lowest BCUT2D eigenvalue weighted by atomic mass is 9.62. The van der Waals surface area contributed by atoms with Gasteiger partial charge in [-0.1, -0.05) is 12.8 Å². The van der Waals surface area contributed by atoms with Crippen molar-refractivity contribution in [1.82, 2.24) is 4.98 Å². The normalized spacial score (nSPS) is 23.4. The number of H-pyrrole nitrogens is 1. The van der Waals surface area contributed by atoms with E-state index in [0.717, 1.165) is 25.0 Å². The van der Waals surface area contributed by atoms with Crippen LogP contribution in [0.1, 0.15) is 36.8 Å². The van der Waals surface area contributed by atoms with Gasteiger partial charge in [0.05, 0.1) is 0 Å². The number of rotatable bonds is 2. The highest BCUT2D eigenvalue weighted by molar-refractivity contribution is 5.76. The van der Waals surface area contributed by atoms with Gasteiger partial charge in [0.25, 0.3) is 5.56 Å². The van der Waals surface area contributed by atoms with E-state index in [-0.39, 0.29) is 28.4 Å². The molecule has 1 aliphatic carbocycles. The van der Waals surface area contributed by atoms with E-state index in [1.165, 1.54) is 18.3 Å². The molecule has 1 fully saturated rings. The average Bonchev–Trinajstić information content (AvgIpc) is 3.13. The van der Waals surface area contributed by atoms with Gasteiger partial charge in [0.15, 0.2) is 0 Å². The van der Waals surface area contributed by atoms with Crippen LogP contribution in [-0.2, 0) is 5.41 Å². The SMILES string of the molecule is NC(C1CCCC1)C1(C(F)(F)F)c2cc(F)ccc2Nc2c1cc[nH]c2=O. The Labute approximate surface area is 152 Å². The Balaban J connectivity index is 2.09. The van der Waals surface area contributed by atoms with Crippen LogP contribution in [0.2, 0.25) is 0 Å². The summed E-state index contributed by atoms with van der Waals surface area (Å²) >= 11 is 0. The summed E-state index contributed by atoms with van der Waals surface area (Å²) in [6.07, 6.45) is -0.867. The predicted molar refractivity (Wildman–Crippen MR) is 93.5 cm³/mol. The number of nitrogens with one attached hydrogen (secondary N) is 2. The fraction of sp³-hybridized carbons (Fsp3) is 0.421. The molecule has 8 heteroatoms. The Hall–Kier alpha value is -2.35. The third-order valence-electron chi connectivity index (χ3n) is 5.91. The zero-order valence-corrected chi connectivity index (χ0v) is 14.4. The number of hydrogen-bond donors (Lipinski definition) is 3. The Morgan fingerprint density at radius 2 is 1.85 bits per heavy atom. The summed E-state index contributed by atoms with van der Waals surface area (Å²) in [5, 5.41) is 2.74. The van der Waals surface area contributed by atoms with Gasteiger partial charge in [-0.15, -0.1) is 0 Å². The van der Waals surface area contributed by atoms with E-state index in [2.05, 4.69) is 10.3 Å². The summed E-state index contributed by atoms with van der Waals surface area (Å²) in [5.41, 5.74) is 2.32. The molecular formula is C19H19F4N3O. The van der Waals surface area contributed by atoms with Gasteiger partial charge in [-0.25, -0.2) is 4.39 Å². The van der Waals surface area contributed by atoms with Crippen molar-refractivity contribution in [2.75, 3.05) is 5.32 Å². The molecule has 4 nitrogen and oxygen atoms in total. The smallest absolute Gasteiger partial charge is 0.351 e. The van der Waals surface area contributed by atoms with Crippen molar-refractivity contribution in [3.8, 4) is 0 Å². The maximum atomic E-state index is 14.8. The lowest BCUT2D eigenvalue weighted by molar-refractivity contribution is -0.187. The fourth-order valence-corrected chi connectivity index (χ4v) is 4.69. The molecule has 2 unspecified atom stereocenters. The topological polar surface area (TPSA) is 70.9 Å². The molecule has 0 radical (unpaired) electrons. The Kier molecular flexibility index (Phi) is 4.06. The molecule has 2 atom stereocenters. The van der Waals surface area contributed by atoms with Crippen LogP contribution in [0.15, 0.2) is 35.3 Å². The number of aromatic nitrogens is 1. The lowest BCUT2D eigenvalue weighted by Gasteiger charge is -2.47. The fourth-order valence-electron chi connectivity index (χ4n) is 4.69. The summed E-state index contributed by atoms with van der Waals surface area (Å²) in [5.74, 6) is -1.15. The molecule has 0 amide bonds. The van der Waals surface area contributed by atoms with E-state index >= 15 is 0 Å². The van der Waals surface area contributed by atoms with Crippen molar-refractivity contribution in [2.24, 2.45) is 11.7 Å². The monoisotopic (exact) mass is 381 g/mol. The quantitative estimate of drug-likeness (QED) is 0.690. The first-order chi connectivity index (χ1) is 12.8. The molecule has 2 aliphatic rings. The van der Waals surface area contributed by atoms with Crippen LogP contribution in [-0.4, -0.2) is 17.2 Å². The van der Waals surface area contributed by atoms with Crippen molar-refractivity contribution in [3.05, 3.63) is 57.8 Å². The first kappa shape index (κ1) is 18.0. The van der Waals surface area contributed by atoms with Crippen molar-refractivity contribution < 1.29 is 17.6 Å². The molecule has 144 valence electrons. The number of pyridine rings is 1. The molecule has 4 rings (SSSR count). The van der Waals surface area contributed by atoms with Crippen molar-refractivity contribution >= 4 is 11.4 Å². The van der Waals surface area contributed by atoms with Crippen LogP contribution >= 0.6 is 0 Å². The van der Waals surface area contributed by atoms with E-state index in [1.54, 1.807) is 0 Å². The van der Waals surface area contributed by atoms with Gasteiger partial charge in [0, 0.05) is 23.5 Å². The molecule has 1 saturated carbocycles. The zero-order valence-electron chi connectivity index (χ0n) is 14.4. The molecule has 4 N–H and O–H groups in total. The van der Waals surface area contributed by atoms with Crippen LogP contribution < -0.4 is 16.6 Å². The van der Waals surface area contributed by atoms with E-state index < -0.39 is 29.0 Å². The molecule has 27 heavy (non-hydrogen) atoms. The predicted octanol–water partition coefficient (Wildman–Crippen LogP) is 3.94. The molecule has 0 saturated heterocycles. The second kappa shape index (κ2) is 6.09. The minimum atomic E-state index is -4.82. The Bertz CT molecular complexity index is 933. The average molecular weight is 381 g/mol. The maximum Gasteiger partial charge on any atom is 0.404 e. The van der Waals surface area contributed by atoms with Gasteiger partial charge in [-0.2, -0.15) is 13.2 Å². The van der Waals surface area contributed by atoms with Gasteiger partial charge in [0.2, 0.25) is 0 Å². The highest BCUT2D eigenvalue weighted by Crippen LogP contribution is 2.57. The van der Waals surface area contributed by atoms with E-state index in [0.29, 0.717) is 12.8 Å². The first-order valence-electron chi connectivity index (χ1n) is 8.88. The summed E-state index contributed by atoms with van der Waals surface area (Å²) in [4.78, 5) is 14.7. The standard InChI is InChI=1S/C19H19F4N3O/c20-11-5-6-14-13(9-11)18(19(21,22)23,16(24)10-3-1-2-4-10)12-7-8-25-17(27)15(12)26-14/h5-10,16,26H,1-4,24H2,(H,25,27). The third-order valence-corrected chi connectivity index (χ3v) is 5.91. The number of benzene rings is 1. The first-order valence-corrected chi connectivity index (χ1v) is 8.88. The molecule has 0 spiro atoms. The summed E-state index contributed by atoms with van der Waals surface area (Å²) in [7, 11) is 0. The van der Waals surface area contributed by atoms with Gasteiger partial charge >= 0.3 is 6.18 Å². The molecule has 2 heterocycles. The molecular weight excluding hydrogens is 362 g/mol. The molecule has 0 bridgehead atoms. The van der Waals surface area contributed by atoms with Crippen LogP contribution in [0.3, 0.4) is 0 Å². The summed E-state index contributed by atoms with van der Waals surface area (Å²) in [6, 6.07) is 3.07. The largest absolute Gasteiger partial charge is 0.404 e. The van der Waals surface area contributed by atoms with Crippen molar-refractivity contribution in [1.29, 1.82) is 0 Å². The lowest BCUT2D eigenvalue weighted by Crippen LogP contribution is -2.60. The number of fused-ring (bicyclic) bond motifs is 2. The van der Waals surface area contributed by atoms with Crippen LogP contribution in [0.4, 0.5) is 28.9 Å². The van der Waals surface area contributed by atoms with E-state index in [1.807, 2.05) is 0 Å². The molecule has 1 aromatic heterocycles. The number of hydrogen-bond acceptors (Lipinski definition) is 3. The third kappa shape index (κ3) is 2.50. The number of nitrogens with two attached hydrogens (primary N) is 1. The number of halogens is 4. The second-order valence-electron chi connectivity index (χ2n) is 7.29. The molecule has 2 aromatic rings. The number of alkyl halides is 3. The van der Waals surface area contributed by atoms with Crippen molar-refractivity contribution in [2.45, 2.75) is 43.3 Å². The van der Waals surface area contributed by atoms with Crippen LogP contribution in [0.5, 0.6) is 0 Å². The Morgan fingerprint density at radius 1 is 1.15 bits per heavy atom. The zero-order chi connectivity index (χ0) is 19.4. The van der Waals surface area contributed by atoms with Gasteiger partial charge in [0.1, 0.15) is 16.9 Å². The van der Waals surface area contributed by atoms with Gasteiger partial charge < -0.3 is 16.0 Å². The minimum absolute atomic E-state index is 0.0476. The molecule has 1 aliphatic heterocycles. The van der Waals surface area contributed by atoms with E-state index in [9.17, 15) is 22.4 Å².